The first kappa shape index (κ1) is 20.0. The van der Waals surface area contributed by atoms with E-state index in [0.29, 0.717) is 13.1 Å². The summed E-state index contributed by atoms with van der Waals surface area (Å²) in [6, 6.07) is 16.7. The third kappa shape index (κ3) is 5.63. The van der Waals surface area contributed by atoms with Gasteiger partial charge in [0.05, 0.1) is 26.9 Å². The molecule has 1 fully saturated rings. The van der Waals surface area contributed by atoms with Crippen LogP contribution in [0.1, 0.15) is 18.1 Å². The number of rotatable bonds is 7. The molecular formula is C22H30N4O2. The van der Waals surface area contributed by atoms with E-state index in [2.05, 4.69) is 52.8 Å². The van der Waals surface area contributed by atoms with E-state index in [0.717, 1.165) is 50.1 Å². The molecule has 1 aliphatic heterocycles. The van der Waals surface area contributed by atoms with Crippen LogP contribution in [0, 0.1) is 0 Å². The van der Waals surface area contributed by atoms with Crippen molar-refractivity contribution in [3.8, 4) is 5.75 Å². The molecule has 0 atom stereocenters. The van der Waals surface area contributed by atoms with Gasteiger partial charge in [-0.05, 0) is 30.7 Å². The van der Waals surface area contributed by atoms with Gasteiger partial charge < -0.3 is 25.0 Å². The maximum Gasteiger partial charge on any atom is 0.191 e. The van der Waals surface area contributed by atoms with E-state index in [1.807, 2.05) is 18.2 Å². The first-order chi connectivity index (χ1) is 13.8. The molecule has 0 unspecified atom stereocenters. The summed E-state index contributed by atoms with van der Waals surface area (Å²) in [6.45, 7) is 7.68. The molecule has 6 heteroatoms. The lowest BCUT2D eigenvalue weighted by Gasteiger charge is -2.28. The molecule has 2 aromatic carbocycles. The fourth-order valence-electron chi connectivity index (χ4n) is 3.17. The molecule has 1 saturated heterocycles. The third-order valence-corrected chi connectivity index (χ3v) is 4.72. The van der Waals surface area contributed by atoms with Crippen LogP contribution in [-0.4, -0.2) is 45.9 Å². The van der Waals surface area contributed by atoms with Crippen molar-refractivity contribution in [3.63, 3.8) is 0 Å². The summed E-state index contributed by atoms with van der Waals surface area (Å²) in [6.07, 6.45) is 0. The summed E-state index contributed by atoms with van der Waals surface area (Å²) in [5, 5.41) is 6.68. The first-order valence-electron chi connectivity index (χ1n) is 9.86. The largest absolute Gasteiger partial charge is 0.496 e. The van der Waals surface area contributed by atoms with Gasteiger partial charge in [-0.25, -0.2) is 4.99 Å². The molecule has 0 radical (unpaired) electrons. The normalized spacial score (nSPS) is 14.6. The number of methoxy groups -OCH3 is 1. The van der Waals surface area contributed by atoms with Crippen LogP contribution in [0.15, 0.2) is 53.5 Å². The summed E-state index contributed by atoms with van der Waals surface area (Å²) >= 11 is 0. The second kappa shape index (κ2) is 10.6. The molecule has 0 saturated carbocycles. The highest BCUT2D eigenvalue weighted by molar-refractivity contribution is 5.79. The van der Waals surface area contributed by atoms with Crippen molar-refractivity contribution in [1.29, 1.82) is 0 Å². The summed E-state index contributed by atoms with van der Waals surface area (Å²) in [5.74, 6) is 1.68. The van der Waals surface area contributed by atoms with Gasteiger partial charge >= 0.3 is 0 Å². The van der Waals surface area contributed by atoms with Crippen LogP contribution in [0.25, 0.3) is 0 Å². The number of anilines is 1. The standard InChI is InChI=1S/C22H30N4O2/c1-3-23-22(25-17-19-6-4-5-7-21(19)27-2)24-16-18-8-10-20(11-9-18)26-12-14-28-15-13-26/h4-11H,3,12-17H2,1-2H3,(H2,23,24,25). The topological polar surface area (TPSA) is 58.1 Å². The van der Waals surface area contributed by atoms with Crippen LogP contribution >= 0.6 is 0 Å². The average Bonchev–Trinajstić information content (AvgIpc) is 2.77. The van der Waals surface area contributed by atoms with Crippen molar-refractivity contribution in [3.05, 3.63) is 59.7 Å². The predicted molar refractivity (Wildman–Crippen MR) is 114 cm³/mol. The lowest BCUT2D eigenvalue weighted by Crippen LogP contribution is -2.36. The number of hydrogen-bond acceptors (Lipinski definition) is 4. The minimum absolute atomic E-state index is 0.630. The van der Waals surface area contributed by atoms with E-state index >= 15 is 0 Å². The molecule has 28 heavy (non-hydrogen) atoms. The van der Waals surface area contributed by atoms with Gasteiger partial charge in [0, 0.05) is 37.4 Å². The molecule has 1 aliphatic rings. The molecule has 6 nitrogen and oxygen atoms in total. The Balaban J connectivity index is 1.59. The minimum atomic E-state index is 0.630. The summed E-state index contributed by atoms with van der Waals surface area (Å²) in [4.78, 5) is 7.07. The van der Waals surface area contributed by atoms with Crippen LogP contribution in [0.5, 0.6) is 5.75 Å². The van der Waals surface area contributed by atoms with Gasteiger partial charge in [-0.2, -0.15) is 0 Å². The van der Waals surface area contributed by atoms with Gasteiger partial charge in [0.25, 0.3) is 0 Å². The number of ether oxygens (including phenoxy) is 2. The van der Waals surface area contributed by atoms with Crippen LogP contribution in [0.2, 0.25) is 0 Å². The van der Waals surface area contributed by atoms with Crippen molar-refractivity contribution in [2.24, 2.45) is 4.99 Å². The molecule has 0 amide bonds. The number of para-hydroxylation sites is 1. The Labute approximate surface area is 167 Å². The van der Waals surface area contributed by atoms with Crippen molar-refractivity contribution >= 4 is 11.6 Å². The number of benzene rings is 2. The smallest absolute Gasteiger partial charge is 0.191 e. The Morgan fingerprint density at radius 3 is 2.54 bits per heavy atom. The fourth-order valence-corrected chi connectivity index (χ4v) is 3.17. The maximum atomic E-state index is 5.42. The molecule has 2 aromatic rings. The number of nitrogens with one attached hydrogen (secondary N) is 2. The first-order valence-corrected chi connectivity index (χ1v) is 9.86. The Morgan fingerprint density at radius 1 is 1.07 bits per heavy atom. The van der Waals surface area contributed by atoms with Gasteiger partial charge in [0.1, 0.15) is 5.75 Å². The molecule has 0 bridgehead atoms. The Kier molecular flexibility index (Phi) is 7.55. The van der Waals surface area contributed by atoms with Crippen molar-refractivity contribution in [2.75, 3.05) is 44.9 Å². The summed E-state index contributed by atoms with van der Waals surface area (Å²) in [7, 11) is 1.69. The molecule has 1 heterocycles. The number of aliphatic imine (C=N–C) groups is 1. The molecule has 0 aliphatic carbocycles. The zero-order chi connectivity index (χ0) is 19.6. The molecule has 0 spiro atoms. The summed E-state index contributed by atoms with van der Waals surface area (Å²) < 4.78 is 10.8. The molecule has 0 aromatic heterocycles. The van der Waals surface area contributed by atoms with E-state index in [-0.39, 0.29) is 0 Å². The SMILES string of the molecule is CCNC(=NCc1ccc(N2CCOCC2)cc1)NCc1ccccc1OC. The number of morpholine rings is 1. The second-order valence-electron chi connectivity index (χ2n) is 6.63. The maximum absolute atomic E-state index is 5.42. The summed E-state index contributed by atoms with van der Waals surface area (Å²) in [5.41, 5.74) is 3.54. The lowest BCUT2D eigenvalue weighted by molar-refractivity contribution is 0.122. The second-order valence-corrected chi connectivity index (χ2v) is 6.63. The highest BCUT2D eigenvalue weighted by Crippen LogP contribution is 2.18. The number of guanidine groups is 1. The van der Waals surface area contributed by atoms with Crippen LogP contribution in [0.4, 0.5) is 5.69 Å². The Hall–Kier alpha value is -2.73. The molecule has 2 N–H and O–H groups in total. The predicted octanol–water partition coefficient (Wildman–Crippen LogP) is 2.79. The quantitative estimate of drug-likeness (QED) is 0.570. The van der Waals surface area contributed by atoms with E-state index in [9.17, 15) is 0 Å². The lowest BCUT2D eigenvalue weighted by atomic mass is 10.2. The Bertz CT molecular complexity index is 755. The van der Waals surface area contributed by atoms with Crippen molar-refractivity contribution in [2.45, 2.75) is 20.0 Å². The molecular weight excluding hydrogens is 352 g/mol. The minimum Gasteiger partial charge on any atom is -0.496 e. The van der Waals surface area contributed by atoms with Crippen molar-refractivity contribution in [1.82, 2.24) is 10.6 Å². The highest BCUT2D eigenvalue weighted by Gasteiger charge is 2.10. The van der Waals surface area contributed by atoms with Gasteiger partial charge in [-0.15, -0.1) is 0 Å². The number of hydrogen-bond donors (Lipinski definition) is 2. The van der Waals surface area contributed by atoms with E-state index in [1.54, 1.807) is 7.11 Å². The molecule has 3 rings (SSSR count). The van der Waals surface area contributed by atoms with Crippen LogP contribution in [0.3, 0.4) is 0 Å². The van der Waals surface area contributed by atoms with Gasteiger partial charge in [-0.3, -0.25) is 0 Å². The molecule has 150 valence electrons. The van der Waals surface area contributed by atoms with Crippen LogP contribution in [-0.2, 0) is 17.8 Å². The van der Waals surface area contributed by atoms with Gasteiger partial charge in [0.2, 0.25) is 0 Å². The van der Waals surface area contributed by atoms with Gasteiger partial charge in [0.15, 0.2) is 5.96 Å². The Morgan fingerprint density at radius 2 is 1.82 bits per heavy atom. The zero-order valence-electron chi connectivity index (χ0n) is 16.8. The van der Waals surface area contributed by atoms with E-state index in [4.69, 9.17) is 14.5 Å². The zero-order valence-corrected chi connectivity index (χ0v) is 16.8. The average molecular weight is 383 g/mol. The highest BCUT2D eigenvalue weighted by atomic mass is 16.5. The van der Waals surface area contributed by atoms with Crippen molar-refractivity contribution < 1.29 is 9.47 Å². The van der Waals surface area contributed by atoms with E-state index < -0.39 is 0 Å². The van der Waals surface area contributed by atoms with Gasteiger partial charge in [-0.1, -0.05) is 30.3 Å². The monoisotopic (exact) mass is 382 g/mol. The third-order valence-electron chi connectivity index (χ3n) is 4.72. The van der Waals surface area contributed by atoms with Crippen LogP contribution < -0.4 is 20.3 Å². The number of nitrogens with zero attached hydrogens (tertiary/aromatic N) is 2. The fraction of sp³-hybridized carbons (Fsp3) is 0.409. The van der Waals surface area contributed by atoms with E-state index in [1.165, 1.54) is 11.3 Å².